The molecule has 110 valence electrons. The van der Waals surface area contributed by atoms with Crippen LogP contribution in [-0.4, -0.2) is 31.9 Å². The number of carbonyl (C=O) groups excluding carboxylic acids is 1. The second kappa shape index (κ2) is 6.18. The number of methoxy groups -OCH3 is 1. The van der Waals surface area contributed by atoms with E-state index >= 15 is 0 Å². The molecule has 0 radical (unpaired) electrons. The number of sulfonamides is 1. The molecule has 1 aromatic carbocycles. The molecule has 0 aliphatic rings. The molecule has 2 aromatic rings. The van der Waals surface area contributed by atoms with Crippen molar-refractivity contribution in [3.05, 3.63) is 36.7 Å². The van der Waals surface area contributed by atoms with Gasteiger partial charge < -0.3 is 10.1 Å². The zero-order valence-electron chi connectivity index (χ0n) is 11.0. The van der Waals surface area contributed by atoms with E-state index < -0.39 is 10.0 Å². The van der Waals surface area contributed by atoms with E-state index in [1.165, 1.54) is 43.8 Å². The Balaban J connectivity index is 2.18. The lowest BCUT2D eigenvalue weighted by atomic mass is 10.3. The average molecular weight is 308 g/mol. The summed E-state index contributed by atoms with van der Waals surface area (Å²) < 4.78 is 31.4. The lowest BCUT2D eigenvalue weighted by molar-refractivity contribution is -0.105. The quantitative estimate of drug-likeness (QED) is 0.766. The number of hydrogen-bond donors (Lipinski definition) is 2. The van der Waals surface area contributed by atoms with Crippen LogP contribution in [0.25, 0.3) is 0 Å². The van der Waals surface area contributed by atoms with E-state index in [9.17, 15) is 13.2 Å². The highest BCUT2D eigenvalue weighted by Crippen LogP contribution is 2.16. The Morgan fingerprint density at radius 1 is 1.14 bits per heavy atom. The third kappa shape index (κ3) is 3.66. The molecule has 2 N–H and O–H groups in total. The van der Waals surface area contributed by atoms with Gasteiger partial charge in [0.05, 0.1) is 24.4 Å². The van der Waals surface area contributed by atoms with Gasteiger partial charge in [0.15, 0.2) is 5.75 Å². The Bertz CT molecular complexity index is 714. The maximum absolute atomic E-state index is 12.1. The summed E-state index contributed by atoms with van der Waals surface area (Å²) in [6, 6.07) is 5.66. The van der Waals surface area contributed by atoms with E-state index in [4.69, 9.17) is 4.74 Å². The van der Waals surface area contributed by atoms with E-state index in [1.807, 2.05) is 0 Å². The number of aromatic nitrogens is 2. The highest BCUT2D eigenvalue weighted by atomic mass is 32.2. The van der Waals surface area contributed by atoms with Crippen LogP contribution in [-0.2, 0) is 14.8 Å². The largest absolute Gasteiger partial charge is 0.494 e. The van der Waals surface area contributed by atoms with Crippen molar-refractivity contribution in [1.82, 2.24) is 9.97 Å². The number of rotatable bonds is 6. The van der Waals surface area contributed by atoms with Gasteiger partial charge in [-0.2, -0.15) is 0 Å². The highest BCUT2D eigenvalue weighted by molar-refractivity contribution is 7.92. The molecule has 1 amide bonds. The summed E-state index contributed by atoms with van der Waals surface area (Å²) in [5.41, 5.74) is 0.490. The van der Waals surface area contributed by atoms with Crippen LogP contribution in [0.3, 0.4) is 0 Å². The van der Waals surface area contributed by atoms with Crippen molar-refractivity contribution in [2.24, 2.45) is 0 Å². The van der Waals surface area contributed by atoms with Gasteiger partial charge in [0.1, 0.15) is 0 Å². The second-order valence-corrected chi connectivity index (χ2v) is 5.52. The molecule has 0 saturated heterocycles. The zero-order valence-corrected chi connectivity index (χ0v) is 11.8. The number of nitrogens with zero attached hydrogens (tertiary/aromatic N) is 2. The fraction of sp³-hybridized carbons (Fsp3) is 0.0833. The van der Waals surface area contributed by atoms with Crippen molar-refractivity contribution in [3.63, 3.8) is 0 Å². The molecule has 1 aromatic heterocycles. The van der Waals surface area contributed by atoms with Crippen molar-refractivity contribution in [2.45, 2.75) is 4.90 Å². The molecule has 0 spiro atoms. The van der Waals surface area contributed by atoms with Gasteiger partial charge in [-0.15, -0.1) is 0 Å². The lowest BCUT2D eigenvalue weighted by Gasteiger charge is -2.07. The smallest absolute Gasteiger partial charge is 0.264 e. The van der Waals surface area contributed by atoms with Crippen LogP contribution in [0.2, 0.25) is 0 Å². The standard InChI is InChI=1S/C12H12N4O4S/c1-20-10-6-13-12(14-7-10)16-21(18,19)11-4-2-9(3-5-11)15-8-17/h2-8H,1H3,(H,15,17)(H,13,14,16). The van der Waals surface area contributed by atoms with Crippen LogP contribution in [0.1, 0.15) is 0 Å². The third-order valence-corrected chi connectivity index (χ3v) is 3.82. The number of amides is 1. The topological polar surface area (TPSA) is 110 Å². The fourth-order valence-corrected chi connectivity index (χ4v) is 2.41. The van der Waals surface area contributed by atoms with Crippen LogP contribution in [0.4, 0.5) is 11.6 Å². The maximum atomic E-state index is 12.1. The van der Waals surface area contributed by atoms with E-state index in [2.05, 4.69) is 20.0 Å². The number of hydrogen-bond acceptors (Lipinski definition) is 6. The summed E-state index contributed by atoms with van der Waals surface area (Å²) in [5, 5.41) is 2.41. The molecule has 9 heteroatoms. The minimum absolute atomic E-state index is 0.0263. The van der Waals surface area contributed by atoms with Gasteiger partial charge in [-0.05, 0) is 24.3 Å². The van der Waals surface area contributed by atoms with Crippen molar-refractivity contribution >= 4 is 28.1 Å². The molecule has 0 bridgehead atoms. The van der Waals surface area contributed by atoms with Crippen LogP contribution >= 0.6 is 0 Å². The molecule has 0 fully saturated rings. The Morgan fingerprint density at radius 2 is 1.76 bits per heavy atom. The van der Waals surface area contributed by atoms with Crippen LogP contribution in [0, 0.1) is 0 Å². The Labute approximate surface area is 121 Å². The van der Waals surface area contributed by atoms with Gasteiger partial charge in [0.2, 0.25) is 12.4 Å². The molecule has 0 aliphatic heterocycles. The predicted molar refractivity (Wildman–Crippen MR) is 75.5 cm³/mol. The Morgan fingerprint density at radius 3 is 2.29 bits per heavy atom. The Kier molecular flexibility index (Phi) is 4.33. The van der Waals surface area contributed by atoms with Crippen molar-refractivity contribution in [3.8, 4) is 5.75 Å². The normalized spacial score (nSPS) is 10.7. The first-order valence-corrected chi connectivity index (χ1v) is 7.22. The first-order chi connectivity index (χ1) is 10.0. The SMILES string of the molecule is COc1cnc(NS(=O)(=O)c2ccc(NC=O)cc2)nc1. The molecule has 21 heavy (non-hydrogen) atoms. The van der Waals surface area contributed by atoms with Crippen LogP contribution in [0.15, 0.2) is 41.6 Å². The molecule has 0 unspecified atom stereocenters. The molecule has 0 aliphatic carbocycles. The number of benzene rings is 1. The van der Waals surface area contributed by atoms with Gasteiger partial charge in [0.25, 0.3) is 10.0 Å². The minimum Gasteiger partial charge on any atom is -0.494 e. The van der Waals surface area contributed by atoms with Gasteiger partial charge in [-0.3, -0.25) is 4.79 Å². The van der Waals surface area contributed by atoms with E-state index in [1.54, 1.807) is 0 Å². The summed E-state index contributed by atoms with van der Waals surface area (Å²) in [4.78, 5) is 18.0. The first-order valence-electron chi connectivity index (χ1n) is 5.74. The number of ether oxygens (including phenoxy) is 1. The number of nitrogens with one attached hydrogen (secondary N) is 2. The fourth-order valence-electron chi connectivity index (χ4n) is 1.45. The number of carbonyl (C=O) groups is 1. The second-order valence-electron chi connectivity index (χ2n) is 3.84. The summed E-state index contributed by atoms with van der Waals surface area (Å²) in [6.45, 7) is 0. The molecule has 8 nitrogen and oxygen atoms in total. The zero-order chi connectivity index (χ0) is 15.3. The van der Waals surface area contributed by atoms with Crippen molar-refractivity contribution < 1.29 is 17.9 Å². The summed E-state index contributed by atoms with van der Waals surface area (Å²) >= 11 is 0. The van der Waals surface area contributed by atoms with Crippen LogP contribution in [0.5, 0.6) is 5.75 Å². The third-order valence-electron chi connectivity index (χ3n) is 2.48. The van der Waals surface area contributed by atoms with Gasteiger partial charge in [0, 0.05) is 5.69 Å². The molecule has 0 saturated carbocycles. The highest BCUT2D eigenvalue weighted by Gasteiger charge is 2.15. The molecule has 2 rings (SSSR count). The van der Waals surface area contributed by atoms with Crippen molar-refractivity contribution in [1.29, 1.82) is 0 Å². The van der Waals surface area contributed by atoms with Gasteiger partial charge >= 0.3 is 0 Å². The molecular formula is C12H12N4O4S. The van der Waals surface area contributed by atoms with Crippen molar-refractivity contribution in [2.75, 3.05) is 17.1 Å². The van der Waals surface area contributed by atoms with E-state index in [0.29, 0.717) is 17.8 Å². The monoisotopic (exact) mass is 308 g/mol. The average Bonchev–Trinajstić information content (AvgIpc) is 2.48. The molecule has 1 heterocycles. The van der Waals surface area contributed by atoms with Gasteiger partial charge in [-0.1, -0.05) is 0 Å². The number of anilines is 2. The predicted octanol–water partition coefficient (Wildman–Crippen LogP) is 0.854. The Hall–Kier alpha value is -2.68. The summed E-state index contributed by atoms with van der Waals surface area (Å²) in [7, 11) is -2.34. The summed E-state index contributed by atoms with van der Waals surface area (Å²) in [5.74, 6) is 0.355. The summed E-state index contributed by atoms with van der Waals surface area (Å²) in [6.07, 6.45) is 3.21. The molecular weight excluding hydrogens is 296 g/mol. The maximum Gasteiger partial charge on any atom is 0.264 e. The lowest BCUT2D eigenvalue weighted by Crippen LogP contribution is -2.15. The first kappa shape index (κ1) is 14.7. The minimum atomic E-state index is -3.80. The van der Waals surface area contributed by atoms with E-state index in [0.717, 1.165) is 0 Å². The van der Waals surface area contributed by atoms with Gasteiger partial charge in [-0.25, -0.2) is 23.1 Å². The van der Waals surface area contributed by atoms with Crippen LogP contribution < -0.4 is 14.8 Å². The van der Waals surface area contributed by atoms with E-state index in [-0.39, 0.29) is 10.8 Å². The molecule has 0 atom stereocenters.